The molecule has 1 atom stereocenters. The number of aromatic amines is 1. The second-order valence-corrected chi connectivity index (χ2v) is 6.88. The van der Waals surface area contributed by atoms with Crippen LogP contribution in [0.2, 0.25) is 0 Å². The fraction of sp³-hybridized carbons (Fsp3) is 0.615. The highest BCUT2D eigenvalue weighted by atomic mass is 32.1. The smallest absolute Gasteiger partial charge is 0.202 e. The number of anilines is 1. The summed E-state index contributed by atoms with van der Waals surface area (Å²) >= 11 is 1.46. The average Bonchev–Trinajstić information content (AvgIpc) is 2.95. The first-order chi connectivity index (χ1) is 9.02. The molecule has 102 valence electrons. The van der Waals surface area contributed by atoms with Crippen molar-refractivity contribution in [3.8, 4) is 0 Å². The lowest BCUT2D eigenvalue weighted by atomic mass is 9.94. The fourth-order valence-electron chi connectivity index (χ4n) is 2.30. The third kappa shape index (κ3) is 2.63. The first kappa shape index (κ1) is 12.6. The van der Waals surface area contributed by atoms with Gasteiger partial charge in [-0.25, -0.2) is 4.98 Å². The monoisotopic (exact) mass is 277 g/mol. The maximum atomic E-state index is 4.59. The van der Waals surface area contributed by atoms with E-state index in [2.05, 4.69) is 45.6 Å². The predicted molar refractivity (Wildman–Crippen MR) is 76.6 cm³/mol. The molecule has 0 aromatic carbocycles. The second kappa shape index (κ2) is 4.59. The molecule has 0 amide bonds. The molecule has 19 heavy (non-hydrogen) atoms. The van der Waals surface area contributed by atoms with Crippen molar-refractivity contribution in [2.75, 3.05) is 5.32 Å². The number of hydrogen-bond acceptors (Lipinski definition) is 5. The lowest BCUT2D eigenvalue weighted by molar-refractivity contribution is 0.553. The van der Waals surface area contributed by atoms with E-state index in [1.54, 1.807) is 0 Å². The number of H-pyrrole nitrogens is 1. The Balaban J connectivity index is 1.68. The summed E-state index contributed by atoms with van der Waals surface area (Å²) in [4.78, 5) is 4.59. The maximum absolute atomic E-state index is 4.59. The van der Waals surface area contributed by atoms with E-state index in [1.807, 2.05) is 6.20 Å². The normalized spacial score (nSPS) is 19.2. The molecule has 0 saturated heterocycles. The van der Waals surface area contributed by atoms with Crippen molar-refractivity contribution in [2.24, 2.45) is 0 Å². The first-order valence-corrected chi connectivity index (χ1v) is 7.41. The molecular formula is C13H19N5S. The quantitative estimate of drug-likeness (QED) is 0.885. The van der Waals surface area contributed by atoms with E-state index >= 15 is 0 Å². The van der Waals surface area contributed by atoms with Gasteiger partial charge in [-0.1, -0.05) is 20.8 Å². The molecule has 2 aromatic rings. The van der Waals surface area contributed by atoms with Crippen LogP contribution in [0, 0.1) is 0 Å². The number of rotatable bonds is 2. The summed E-state index contributed by atoms with van der Waals surface area (Å²) in [6, 6.07) is 0.436. The van der Waals surface area contributed by atoms with Crippen LogP contribution in [0.3, 0.4) is 0 Å². The van der Waals surface area contributed by atoms with Gasteiger partial charge in [0.2, 0.25) is 5.13 Å². The van der Waals surface area contributed by atoms with Crippen molar-refractivity contribution < 1.29 is 0 Å². The van der Waals surface area contributed by atoms with Crippen molar-refractivity contribution in [3.63, 3.8) is 0 Å². The van der Waals surface area contributed by atoms with Gasteiger partial charge in [-0.15, -0.1) is 0 Å². The van der Waals surface area contributed by atoms with E-state index in [0.717, 1.165) is 30.2 Å². The molecular weight excluding hydrogens is 258 g/mol. The van der Waals surface area contributed by atoms with Gasteiger partial charge in [-0.05, 0) is 24.8 Å². The zero-order chi connectivity index (χ0) is 13.5. The third-order valence-corrected chi connectivity index (χ3v) is 4.09. The van der Waals surface area contributed by atoms with E-state index in [1.165, 1.54) is 22.8 Å². The zero-order valence-electron chi connectivity index (χ0n) is 11.5. The van der Waals surface area contributed by atoms with E-state index in [0.29, 0.717) is 6.04 Å². The number of hydrogen-bond donors (Lipinski definition) is 2. The van der Waals surface area contributed by atoms with Gasteiger partial charge in [0.15, 0.2) is 0 Å². The molecule has 1 unspecified atom stereocenters. The maximum Gasteiger partial charge on any atom is 0.202 e. The molecule has 2 N–H and O–H groups in total. The van der Waals surface area contributed by atoms with Crippen molar-refractivity contribution in [1.82, 2.24) is 19.6 Å². The highest BCUT2D eigenvalue weighted by Crippen LogP contribution is 2.26. The van der Waals surface area contributed by atoms with Gasteiger partial charge in [0, 0.05) is 28.7 Å². The molecule has 2 heterocycles. The molecule has 2 aromatic heterocycles. The van der Waals surface area contributed by atoms with Crippen LogP contribution in [0.25, 0.3) is 0 Å². The van der Waals surface area contributed by atoms with Gasteiger partial charge >= 0.3 is 0 Å². The van der Waals surface area contributed by atoms with Crippen LogP contribution in [-0.4, -0.2) is 25.6 Å². The van der Waals surface area contributed by atoms with Crippen LogP contribution in [-0.2, 0) is 18.3 Å². The number of aromatic nitrogens is 4. The van der Waals surface area contributed by atoms with E-state index in [4.69, 9.17) is 0 Å². The van der Waals surface area contributed by atoms with E-state index < -0.39 is 0 Å². The average molecular weight is 277 g/mol. The number of nitrogens with one attached hydrogen (secondary N) is 2. The highest BCUT2D eigenvalue weighted by molar-refractivity contribution is 7.09. The Morgan fingerprint density at radius 2 is 2.26 bits per heavy atom. The Hall–Kier alpha value is -1.43. The predicted octanol–water partition coefficient (Wildman–Crippen LogP) is 2.53. The van der Waals surface area contributed by atoms with Crippen LogP contribution >= 0.6 is 11.5 Å². The van der Waals surface area contributed by atoms with Gasteiger partial charge in [-0.3, -0.25) is 5.10 Å². The fourth-order valence-corrected chi connectivity index (χ4v) is 3.14. The van der Waals surface area contributed by atoms with Gasteiger partial charge in [0.1, 0.15) is 5.82 Å². The largest absolute Gasteiger partial charge is 0.357 e. The summed E-state index contributed by atoms with van der Waals surface area (Å²) in [5, 5.41) is 11.6. The third-order valence-electron chi connectivity index (χ3n) is 3.44. The van der Waals surface area contributed by atoms with Gasteiger partial charge < -0.3 is 5.32 Å². The zero-order valence-corrected chi connectivity index (χ0v) is 12.3. The van der Waals surface area contributed by atoms with Gasteiger partial charge in [-0.2, -0.15) is 9.47 Å². The Morgan fingerprint density at radius 3 is 3.00 bits per heavy atom. The molecule has 1 aliphatic carbocycles. The Kier molecular flexibility index (Phi) is 3.05. The summed E-state index contributed by atoms with van der Waals surface area (Å²) in [7, 11) is 0. The molecule has 5 nitrogen and oxygen atoms in total. The molecule has 0 fully saturated rings. The lowest BCUT2D eigenvalue weighted by Crippen LogP contribution is -2.27. The molecule has 6 heteroatoms. The topological polar surface area (TPSA) is 66.5 Å². The summed E-state index contributed by atoms with van der Waals surface area (Å²) in [6.45, 7) is 6.41. The van der Waals surface area contributed by atoms with Crippen LogP contribution in [0.5, 0.6) is 0 Å². The van der Waals surface area contributed by atoms with Gasteiger partial charge in [0.25, 0.3) is 0 Å². The lowest BCUT2D eigenvalue weighted by Gasteiger charge is -2.22. The Labute approximate surface area is 117 Å². The molecule has 3 rings (SSSR count). The molecule has 0 saturated carbocycles. The minimum absolute atomic E-state index is 0.0146. The second-order valence-electron chi connectivity index (χ2n) is 6.13. The SMILES string of the molecule is CC(C)(C)c1nsc(NC2CCc3[nH]ncc3C2)n1. The molecule has 0 spiro atoms. The number of nitrogens with zero attached hydrogens (tertiary/aromatic N) is 3. The minimum atomic E-state index is 0.0146. The highest BCUT2D eigenvalue weighted by Gasteiger charge is 2.23. The Bertz CT molecular complexity index is 566. The molecule has 0 radical (unpaired) electrons. The minimum Gasteiger partial charge on any atom is -0.357 e. The van der Waals surface area contributed by atoms with Crippen LogP contribution in [0.1, 0.15) is 44.3 Å². The van der Waals surface area contributed by atoms with Crippen LogP contribution in [0.15, 0.2) is 6.20 Å². The van der Waals surface area contributed by atoms with Crippen molar-refractivity contribution in [2.45, 2.75) is 51.5 Å². The number of aryl methyl sites for hydroxylation is 1. The summed E-state index contributed by atoms with van der Waals surface area (Å²) in [5.74, 6) is 0.916. The van der Waals surface area contributed by atoms with Gasteiger partial charge in [0.05, 0.1) is 6.20 Å². The molecule has 1 aliphatic rings. The Morgan fingerprint density at radius 1 is 1.42 bits per heavy atom. The van der Waals surface area contributed by atoms with Crippen molar-refractivity contribution in [1.29, 1.82) is 0 Å². The number of fused-ring (bicyclic) bond motifs is 1. The van der Waals surface area contributed by atoms with Crippen molar-refractivity contribution >= 4 is 16.7 Å². The first-order valence-electron chi connectivity index (χ1n) is 6.64. The summed E-state index contributed by atoms with van der Waals surface area (Å²) in [6.07, 6.45) is 5.11. The van der Waals surface area contributed by atoms with E-state index in [9.17, 15) is 0 Å². The van der Waals surface area contributed by atoms with Crippen LogP contribution in [0.4, 0.5) is 5.13 Å². The van der Waals surface area contributed by atoms with E-state index in [-0.39, 0.29) is 5.41 Å². The van der Waals surface area contributed by atoms with Crippen LogP contribution < -0.4 is 5.32 Å². The molecule has 0 aliphatic heterocycles. The summed E-state index contributed by atoms with van der Waals surface area (Å²) < 4.78 is 4.44. The molecule has 0 bridgehead atoms. The standard InChI is InChI=1S/C13H19N5S/c1-13(2,3)11-16-12(19-18-11)15-9-4-5-10-8(6-9)7-14-17-10/h7,9H,4-6H2,1-3H3,(H,14,17)(H,15,16,18). The summed E-state index contributed by atoms with van der Waals surface area (Å²) in [5.41, 5.74) is 2.62. The van der Waals surface area contributed by atoms with Crippen molar-refractivity contribution in [3.05, 3.63) is 23.3 Å².